The number of imidazole rings is 1. The van der Waals surface area contributed by atoms with Crippen LogP contribution >= 0.6 is 0 Å². The molecule has 1 unspecified atom stereocenters. The number of hydrogen-bond donors (Lipinski definition) is 3. The van der Waals surface area contributed by atoms with Crippen molar-refractivity contribution in [2.45, 2.75) is 32.2 Å². The normalized spacial score (nSPS) is 14.6. The minimum atomic E-state index is -0.220. The number of nitrogens with zero attached hydrogens (tertiary/aromatic N) is 3. The predicted molar refractivity (Wildman–Crippen MR) is 71.4 cm³/mol. The summed E-state index contributed by atoms with van der Waals surface area (Å²) in [6, 6.07) is 0. The number of nitrogens with one attached hydrogen (secondary N) is 1. The van der Waals surface area contributed by atoms with Crippen LogP contribution in [0.5, 0.6) is 0 Å². The summed E-state index contributed by atoms with van der Waals surface area (Å²) in [5.74, 6) is 1.09. The van der Waals surface area contributed by atoms with Crippen LogP contribution in [0.1, 0.15) is 26.7 Å². The lowest BCUT2D eigenvalue weighted by Gasteiger charge is -2.29. The first-order chi connectivity index (χ1) is 8.58. The van der Waals surface area contributed by atoms with Crippen molar-refractivity contribution >= 4 is 17.3 Å². The number of fused-ring (bicyclic) bond motifs is 1. The van der Waals surface area contributed by atoms with Crippen LogP contribution in [-0.2, 0) is 0 Å². The standard InChI is InChI=1S/C12H19N5O/c1-3-12(2,4-7-18)16-10-11-14-5-6-17(11)8-9(13)15-10/h5-6,8,18H,3-4,7,13H2,1-2H3,(H,15,16). The quantitative estimate of drug-likeness (QED) is 0.742. The highest BCUT2D eigenvalue weighted by molar-refractivity contribution is 5.65. The van der Waals surface area contributed by atoms with Crippen molar-refractivity contribution < 1.29 is 5.11 Å². The highest BCUT2D eigenvalue weighted by Gasteiger charge is 2.23. The largest absolute Gasteiger partial charge is 0.396 e. The van der Waals surface area contributed by atoms with Gasteiger partial charge in [-0.15, -0.1) is 0 Å². The van der Waals surface area contributed by atoms with Gasteiger partial charge in [-0.3, -0.25) is 0 Å². The topological polar surface area (TPSA) is 88.5 Å². The Hall–Kier alpha value is -1.82. The maximum absolute atomic E-state index is 9.13. The molecule has 0 radical (unpaired) electrons. The highest BCUT2D eigenvalue weighted by Crippen LogP contribution is 2.23. The predicted octanol–water partition coefficient (Wildman–Crippen LogP) is 1.27. The van der Waals surface area contributed by atoms with Crippen LogP contribution in [0.25, 0.3) is 5.65 Å². The van der Waals surface area contributed by atoms with Gasteiger partial charge in [-0.1, -0.05) is 6.92 Å². The van der Waals surface area contributed by atoms with Gasteiger partial charge in [-0.05, 0) is 19.8 Å². The zero-order valence-corrected chi connectivity index (χ0v) is 10.7. The van der Waals surface area contributed by atoms with Crippen molar-refractivity contribution in [2.24, 2.45) is 0 Å². The van der Waals surface area contributed by atoms with E-state index in [2.05, 4.69) is 22.2 Å². The van der Waals surface area contributed by atoms with Crippen molar-refractivity contribution in [1.29, 1.82) is 0 Å². The molecule has 0 spiro atoms. The molecule has 2 aromatic rings. The second-order valence-corrected chi connectivity index (χ2v) is 4.69. The average Bonchev–Trinajstić information content (AvgIpc) is 2.77. The fraction of sp³-hybridized carbons (Fsp3) is 0.500. The molecule has 2 heterocycles. The van der Waals surface area contributed by atoms with E-state index in [1.165, 1.54) is 0 Å². The summed E-state index contributed by atoms with van der Waals surface area (Å²) in [6.07, 6.45) is 6.78. The van der Waals surface area contributed by atoms with Gasteiger partial charge in [0.15, 0.2) is 11.5 Å². The molecule has 0 saturated carbocycles. The van der Waals surface area contributed by atoms with Crippen molar-refractivity contribution in [3.05, 3.63) is 18.6 Å². The molecule has 6 nitrogen and oxygen atoms in total. The lowest BCUT2D eigenvalue weighted by Crippen LogP contribution is -2.35. The molecule has 6 heteroatoms. The molecular weight excluding hydrogens is 230 g/mol. The SMILES string of the molecule is CCC(C)(CCO)Nc1nc(N)cn2ccnc12. The van der Waals surface area contributed by atoms with E-state index in [1.807, 2.05) is 17.5 Å². The minimum absolute atomic E-state index is 0.129. The number of anilines is 2. The minimum Gasteiger partial charge on any atom is -0.396 e. The molecule has 1 atom stereocenters. The van der Waals surface area contributed by atoms with Crippen molar-refractivity contribution in [3.8, 4) is 0 Å². The van der Waals surface area contributed by atoms with Gasteiger partial charge in [-0.2, -0.15) is 0 Å². The van der Waals surface area contributed by atoms with Gasteiger partial charge in [0.05, 0.1) is 6.20 Å². The van der Waals surface area contributed by atoms with Gasteiger partial charge in [0.1, 0.15) is 5.82 Å². The van der Waals surface area contributed by atoms with E-state index in [1.54, 1.807) is 12.4 Å². The molecule has 0 fully saturated rings. The molecule has 0 aliphatic carbocycles. The Balaban J connectivity index is 2.38. The monoisotopic (exact) mass is 249 g/mol. The number of aliphatic hydroxyl groups excluding tert-OH is 1. The van der Waals surface area contributed by atoms with E-state index in [0.717, 1.165) is 12.1 Å². The molecule has 98 valence electrons. The third-order valence-electron chi connectivity index (χ3n) is 3.26. The van der Waals surface area contributed by atoms with E-state index >= 15 is 0 Å². The second-order valence-electron chi connectivity index (χ2n) is 4.69. The summed E-state index contributed by atoms with van der Waals surface area (Å²) in [4.78, 5) is 8.55. The molecular formula is C12H19N5O. The number of aromatic nitrogens is 3. The van der Waals surface area contributed by atoms with E-state index in [0.29, 0.717) is 18.1 Å². The average molecular weight is 249 g/mol. The lowest BCUT2D eigenvalue weighted by molar-refractivity contribution is 0.252. The molecule has 4 N–H and O–H groups in total. The number of rotatable bonds is 5. The molecule has 2 aromatic heterocycles. The van der Waals surface area contributed by atoms with Crippen molar-refractivity contribution in [1.82, 2.24) is 14.4 Å². The van der Waals surface area contributed by atoms with Crippen LogP contribution < -0.4 is 11.1 Å². The fourth-order valence-corrected chi connectivity index (χ4v) is 1.90. The van der Waals surface area contributed by atoms with Gasteiger partial charge < -0.3 is 20.6 Å². The van der Waals surface area contributed by atoms with E-state index in [-0.39, 0.29) is 12.1 Å². The molecule has 0 aliphatic heterocycles. The number of hydrogen-bond acceptors (Lipinski definition) is 5. The van der Waals surface area contributed by atoms with Gasteiger partial charge in [0, 0.05) is 24.5 Å². The maximum Gasteiger partial charge on any atom is 0.180 e. The number of nitrogens with two attached hydrogens (primary N) is 1. The van der Waals surface area contributed by atoms with Crippen LogP contribution in [0.3, 0.4) is 0 Å². The van der Waals surface area contributed by atoms with Crippen molar-refractivity contribution in [3.63, 3.8) is 0 Å². The Bertz CT molecular complexity index is 538. The molecule has 2 rings (SSSR count). The fourth-order valence-electron chi connectivity index (χ4n) is 1.90. The summed E-state index contributed by atoms with van der Waals surface area (Å²) in [7, 11) is 0. The Morgan fingerprint density at radius 1 is 1.56 bits per heavy atom. The Labute approximate surface area is 106 Å². The zero-order valence-electron chi connectivity index (χ0n) is 10.7. The third kappa shape index (κ3) is 2.38. The first-order valence-electron chi connectivity index (χ1n) is 6.06. The van der Waals surface area contributed by atoms with Gasteiger partial charge in [0.2, 0.25) is 0 Å². The third-order valence-corrected chi connectivity index (χ3v) is 3.26. The van der Waals surface area contributed by atoms with Gasteiger partial charge in [-0.25, -0.2) is 9.97 Å². The molecule has 0 amide bonds. The summed E-state index contributed by atoms with van der Waals surface area (Å²) in [6.45, 7) is 4.25. The van der Waals surface area contributed by atoms with Gasteiger partial charge in [0.25, 0.3) is 0 Å². The molecule has 0 saturated heterocycles. The van der Waals surface area contributed by atoms with Gasteiger partial charge >= 0.3 is 0 Å². The smallest absolute Gasteiger partial charge is 0.180 e. The van der Waals surface area contributed by atoms with E-state index in [4.69, 9.17) is 10.8 Å². The molecule has 0 aromatic carbocycles. The molecule has 0 aliphatic rings. The Morgan fingerprint density at radius 3 is 3.00 bits per heavy atom. The first-order valence-corrected chi connectivity index (χ1v) is 6.06. The van der Waals surface area contributed by atoms with E-state index in [9.17, 15) is 0 Å². The van der Waals surface area contributed by atoms with Crippen LogP contribution in [0, 0.1) is 0 Å². The lowest BCUT2D eigenvalue weighted by atomic mass is 9.95. The van der Waals surface area contributed by atoms with Crippen LogP contribution in [0.15, 0.2) is 18.6 Å². The first kappa shape index (κ1) is 12.6. The summed E-state index contributed by atoms with van der Waals surface area (Å²) in [5.41, 5.74) is 6.29. The summed E-state index contributed by atoms with van der Waals surface area (Å²) >= 11 is 0. The maximum atomic E-state index is 9.13. The highest BCUT2D eigenvalue weighted by atomic mass is 16.3. The zero-order chi connectivity index (χ0) is 13.2. The number of aliphatic hydroxyl groups is 1. The van der Waals surface area contributed by atoms with Crippen LogP contribution in [-0.4, -0.2) is 31.6 Å². The molecule has 0 bridgehead atoms. The number of nitrogen functional groups attached to an aromatic ring is 1. The second kappa shape index (κ2) is 4.81. The van der Waals surface area contributed by atoms with Crippen LogP contribution in [0.4, 0.5) is 11.6 Å². The summed E-state index contributed by atoms with van der Waals surface area (Å²) in [5, 5.41) is 12.5. The van der Waals surface area contributed by atoms with E-state index < -0.39 is 0 Å². The van der Waals surface area contributed by atoms with Crippen molar-refractivity contribution in [2.75, 3.05) is 17.7 Å². The Kier molecular flexibility index (Phi) is 3.38. The van der Waals surface area contributed by atoms with Crippen LogP contribution in [0.2, 0.25) is 0 Å². The summed E-state index contributed by atoms with van der Waals surface area (Å²) < 4.78 is 1.83. The molecule has 18 heavy (non-hydrogen) atoms. The Morgan fingerprint density at radius 2 is 2.33 bits per heavy atom.